The summed E-state index contributed by atoms with van der Waals surface area (Å²) in [5.41, 5.74) is -0.522. The van der Waals surface area contributed by atoms with Crippen LogP contribution < -0.4 is 5.32 Å². The van der Waals surface area contributed by atoms with Crippen molar-refractivity contribution < 1.29 is 9.53 Å². The lowest BCUT2D eigenvalue weighted by molar-refractivity contribution is -0.150. The van der Waals surface area contributed by atoms with Gasteiger partial charge >= 0.3 is 5.97 Å². The maximum absolute atomic E-state index is 11.8. The topological polar surface area (TPSA) is 38.3 Å². The van der Waals surface area contributed by atoms with E-state index in [1.807, 2.05) is 32.7 Å². The van der Waals surface area contributed by atoms with Gasteiger partial charge in [-0.1, -0.05) is 13.3 Å². The van der Waals surface area contributed by atoms with E-state index < -0.39 is 5.54 Å². The molecule has 0 aromatic rings. The second-order valence-corrected chi connectivity index (χ2v) is 5.60. The molecule has 0 bridgehead atoms. The van der Waals surface area contributed by atoms with E-state index in [-0.39, 0.29) is 5.97 Å². The molecule has 0 saturated heterocycles. The molecule has 1 atom stereocenters. The van der Waals surface area contributed by atoms with Crippen LogP contribution in [0, 0.1) is 0 Å². The van der Waals surface area contributed by atoms with Gasteiger partial charge in [0.1, 0.15) is 5.54 Å². The predicted molar refractivity (Wildman–Crippen MR) is 75.6 cm³/mol. The first-order valence-corrected chi connectivity index (χ1v) is 7.70. The number of hydrogen-bond acceptors (Lipinski definition) is 4. The highest BCUT2D eigenvalue weighted by atomic mass is 32.2. The summed E-state index contributed by atoms with van der Waals surface area (Å²) in [6.07, 6.45) is 4.31. The number of carbonyl (C=O) groups excluding carboxylic acids is 1. The number of unbranched alkanes of at least 4 members (excludes halogenated alkanes) is 1. The number of thioether (sulfide) groups is 1. The molecule has 0 aliphatic rings. The van der Waals surface area contributed by atoms with Gasteiger partial charge in [0, 0.05) is 0 Å². The number of nitrogens with one attached hydrogen (secondary N) is 1. The molecular weight excluding hydrogens is 234 g/mol. The van der Waals surface area contributed by atoms with E-state index in [0.29, 0.717) is 6.61 Å². The van der Waals surface area contributed by atoms with E-state index in [4.69, 9.17) is 4.74 Å². The zero-order chi connectivity index (χ0) is 13.1. The summed E-state index contributed by atoms with van der Waals surface area (Å²) in [6.45, 7) is 6.41. The maximum atomic E-state index is 11.8. The Morgan fingerprint density at radius 1 is 1.29 bits per heavy atom. The second-order valence-electron chi connectivity index (χ2n) is 4.37. The van der Waals surface area contributed by atoms with Gasteiger partial charge in [0.25, 0.3) is 0 Å². The van der Waals surface area contributed by atoms with Crippen molar-refractivity contribution in [2.75, 3.05) is 25.2 Å². The largest absolute Gasteiger partial charge is 0.465 e. The molecule has 1 unspecified atom stereocenters. The number of rotatable bonds is 10. The van der Waals surface area contributed by atoms with E-state index in [2.05, 4.69) is 12.2 Å². The fourth-order valence-electron chi connectivity index (χ4n) is 1.55. The van der Waals surface area contributed by atoms with Crippen LogP contribution in [-0.2, 0) is 9.53 Å². The molecular formula is C13H27NO2S. The predicted octanol–water partition coefficient (Wildman–Crippen LogP) is 2.84. The Labute approximate surface area is 110 Å². The average molecular weight is 261 g/mol. The summed E-state index contributed by atoms with van der Waals surface area (Å²) >= 11 is 1.99. The smallest absolute Gasteiger partial charge is 0.326 e. The molecule has 0 aromatic carbocycles. The SMILES string of the molecule is CCCSCCCCC(C)(NC)C(=O)OCC. The summed E-state index contributed by atoms with van der Waals surface area (Å²) in [6, 6.07) is 0. The van der Waals surface area contributed by atoms with Crippen LogP contribution in [-0.4, -0.2) is 36.7 Å². The Kier molecular flexibility index (Phi) is 9.65. The molecule has 0 fully saturated rings. The highest BCUT2D eigenvalue weighted by Crippen LogP contribution is 2.17. The molecule has 0 amide bonds. The van der Waals surface area contributed by atoms with Crippen LogP contribution in [0.4, 0.5) is 0 Å². The Morgan fingerprint density at radius 3 is 2.53 bits per heavy atom. The lowest BCUT2D eigenvalue weighted by atomic mass is 9.95. The lowest BCUT2D eigenvalue weighted by Crippen LogP contribution is -2.48. The quantitative estimate of drug-likeness (QED) is 0.485. The zero-order valence-corrected chi connectivity index (χ0v) is 12.5. The van der Waals surface area contributed by atoms with Gasteiger partial charge in [-0.2, -0.15) is 11.8 Å². The van der Waals surface area contributed by atoms with Crippen LogP contribution in [0.1, 0.15) is 46.5 Å². The van der Waals surface area contributed by atoms with Gasteiger partial charge < -0.3 is 10.1 Å². The fourth-order valence-corrected chi connectivity index (χ4v) is 2.45. The second kappa shape index (κ2) is 9.77. The van der Waals surface area contributed by atoms with E-state index >= 15 is 0 Å². The minimum atomic E-state index is -0.522. The normalized spacial score (nSPS) is 14.4. The van der Waals surface area contributed by atoms with E-state index in [1.54, 1.807) is 0 Å². The first-order chi connectivity index (χ1) is 8.10. The number of ether oxygens (including phenoxy) is 1. The summed E-state index contributed by atoms with van der Waals surface area (Å²) in [7, 11) is 1.82. The molecule has 0 heterocycles. The van der Waals surface area contributed by atoms with Gasteiger partial charge in [-0.25, -0.2) is 0 Å². The van der Waals surface area contributed by atoms with Crippen LogP contribution in [0.5, 0.6) is 0 Å². The van der Waals surface area contributed by atoms with Crippen molar-refractivity contribution in [1.29, 1.82) is 0 Å². The van der Waals surface area contributed by atoms with Gasteiger partial charge in [0.15, 0.2) is 0 Å². The van der Waals surface area contributed by atoms with Crippen molar-refractivity contribution in [2.45, 2.75) is 52.0 Å². The van der Waals surface area contributed by atoms with Crippen LogP contribution in [0.15, 0.2) is 0 Å². The fraction of sp³-hybridized carbons (Fsp3) is 0.923. The minimum Gasteiger partial charge on any atom is -0.465 e. The molecule has 0 rings (SSSR count). The average Bonchev–Trinajstić information content (AvgIpc) is 2.33. The van der Waals surface area contributed by atoms with Crippen molar-refractivity contribution in [2.24, 2.45) is 0 Å². The van der Waals surface area contributed by atoms with Crippen molar-refractivity contribution in [3.63, 3.8) is 0 Å². The van der Waals surface area contributed by atoms with Gasteiger partial charge in [-0.05, 0) is 51.7 Å². The van der Waals surface area contributed by atoms with Crippen molar-refractivity contribution in [1.82, 2.24) is 5.32 Å². The van der Waals surface area contributed by atoms with Crippen molar-refractivity contribution in [3.05, 3.63) is 0 Å². The van der Waals surface area contributed by atoms with Crippen LogP contribution in [0.2, 0.25) is 0 Å². The number of likely N-dealkylation sites (N-methyl/N-ethyl adjacent to an activating group) is 1. The summed E-state index contributed by atoms with van der Waals surface area (Å²) in [5.74, 6) is 2.29. The van der Waals surface area contributed by atoms with Crippen molar-refractivity contribution >= 4 is 17.7 Å². The molecule has 17 heavy (non-hydrogen) atoms. The van der Waals surface area contributed by atoms with E-state index in [0.717, 1.165) is 12.8 Å². The first kappa shape index (κ1) is 16.8. The lowest BCUT2D eigenvalue weighted by Gasteiger charge is -2.26. The Bertz CT molecular complexity index is 212. The molecule has 0 aromatic heterocycles. The summed E-state index contributed by atoms with van der Waals surface area (Å²) in [5, 5.41) is 3.08. The van der Waals surface area contributed by atoms with Gasteiger partial charge in [-0.3, -0.25) is 4.79 Å². The third-order valence-electron chi connectivity index (χ3n) is 2.84. The number of carbonyl (C=O) groups is 1. The molecule has 1 N–H and O–H groups in total. The summed E-state index contributed by atoms with van der Waals surface area (Å²) in [4.78, 5) is 11.8. The van der Waals surface area contributed by atoms with Crippen LogP contribution in [0.3, 0.4) is 0 Å². The Hall–Kier alpha value is -0.220. The number of hydrogen-bond donors (Lipinski definition) is 1. The standard InChI is InChI=1S/C13H27NO2S/c1-5-10-17-11-8-7-9-13(3,14-4)12(15)16-6-2/h14H,5-11H2,1-4H3. The molecule has 0 aliphatic heterocycles. The highest BCUT2D eigenvalue weighted by Gasteiger charge is 2.31. The highest BCUT2D eigenvalue weighted by molar-refractivity contribution is 7.99. The molecule has 0 spiro atoms. The molecule has 3 nitrogen and oxygen atoms in total. The minimum absolute atomic E-state index is 0.135. The third-order valence-corrected chi connectivity index (χ3v) is 4.12. The van der Waals surface area contributed by atoms with Gasteiger partial charge in [-0.15, -0.1) is 0 Å². The molecule has 0 aliphatic carbocycles. The summed E-state index contributed by atoms with van der Waals surface area (Å²) < 4.78 is 5.09. The van der Waals surface area contributed by atoms with Crippen LogP contribution >= 0.6 is 11.8 Å². The third kappa shape index (κ3) is 6.94. The van der Waals surface area contributed by atoms with E-state index in [1.165, 1.54) is 24.3 Å². The van der Waals surface area contributed by atoms with Gasteiger partial charge in [0.05, 0.1) is 6.61 Å². The molecule has 0 saturated carbocycles. The van der Waals surface area contributed by atoms with Crippen molar-refractivity contribution in [3.8, 4) is 0 Å². The Morgan fingerprint density at radius 2 is 2.00 bits per heavy atom. The monoisotopic (exact) mass is 261 g/mol. The molecule has 102 valence electrons. The zero-order valence-electron chi connectivity index (χ0n) is 11.7. The first-order valence-electron chi connectivity index (χ1n) is 6.54. The van der Waals surface area contributed by atoms with Crippen LogP contribution in [0.25, 0.3) is 0 Å². The number of esters is 1. The molecule has 0 radical (unpaired) electrons. The maximum Gasteiger partial charge on any atom is 0.326 e. The van der Waals surface area contributed by atoms with E-state index in [9.17, 15) is 4.79 Å². The molecule has 4 heteroatoms. The van der Waals surface area contributed by atoms with Gasteiger partial charge in [0.2, 0.25) is 0 Å². The Balaban J connectivity index is 3.83.